The van der Waals surface area contributed by atoms with E-state index >= 15 is 0 Å². The summed E-state index contributed by atoms with van der Waals surface area (Å²) in [6, 6.07) is 25.9. The Morgan fingerprint density at radius 3 is 2.44 bits per heavy atom. The second-order valence-electron chi connectivity index (χ2n) is 8.47. The number of fused-ring (bicyclic) bond motifs is 1. The Balaban J connectivity index is 1.72. The Morgan fingerprint density at radius 1 is 0.969 bits per heavy atom. The highest BCUT2D eigenvalue weighted by Gasteiger charge is 2.23. The van der Waals surface area contributed by atoms with Crippen LogP contribution in [0.3, 0.4) is 0 Å². The number of unbranched alkanes of at least 4 members (excludes halogenated alkanes) is 1. The van der Waals surface area contributed by atoms with E-state index in [4.69, 9.17) is 0 Å². The van der Waals surface area contributed by atoms with E-state index in [0.717, 1.165) is 29.0 Å². The number of allylic oxidation sites excluding steroid dienone is 2. The van der Waals surface area contributed by atoms with Gasteiger partial charge in [0.2, 0.25) is 0 Å². The van der Waals surface area contributed by atoms with Crippen LogP contribution in [0.2, 0.25) is 0 Å². The normalized spacial score (nSPS) is 13.2. The van der Waals surface area contributed by atoms with Gasteiger partial charge in [-0.25, -0.2) is 0 Å². The van der Waals surface area contributed by atoms with Crippen molar-refractivity contribution in [3.8, 4) is 0 Å². The van der Waals surface area contributed by atoms with Crippen LogP contribution >= 0.6 is 0 Å². The predicted molar refractivity (Wildman–Crippen MR) is 140 cm³/mol. The summed E-state index contributed by atoms with van der Waals surface area (Å²) in [4.78, 5) is 0. The van der Waals surface area contributed by atoms with Crippen molar-refractivity contribution in [1.29, 1.82) is 0 Å². The molecule has 1 aliphatic rings. The molecule has 1 N–H and O–H groups in total. The average molecular weight is 418 g/mol. The molecule has 4 rings (SSSR count). The molecule has 0 aliphatic carbocycles. The number of hydrogen-bond acceptors (Lipinski definition) is 1. The monoisotopic (exact) mass is 417 g/mol. The molecule has 0 fully saturated rings. The lowest BCUT2D eigenvalue weighted by Gasteiger charge is -2.28. The first-order chi connectivity index (χ1) is 15.6. The van der Waals surface area contributed by atoms with Crippen LogP contribution in [0.1, 0.15) is 47.6 Å². The number of aryl methyl sites for hydroxylation is 2. The minimum Gasteiger partial charge on any atom is -0.355 e. The molecule has 0 spiro atoms. The summed E-state index contributed by atoms with van der Waals surface area (Å²) in [7, 11) is 0. The van der Waals surface area contributed by atoms with Crippen molar-refractivity contribution in [2.24, 2.45) is 0 Å². The van der Waals surface area contributed by atoms with Crippen molar-refractivity contribution >= 4 is 17.3 Å². The van der Waals surface area contributed by atoms with Crippen molar-refractivity contribution in [2.75, 3.05) is 5.32 Å². The molecule has 0 atom stereocenters. The Bertz CT molecular complexity index is 1190. The van der Waals surface area contributed by atoms with Crippen molar-refractivity contribution in [2.45, 2.75) is 33.1 Å². The lowest BCUT2D eigenvalue weighted by Crippen LogP contribution is -2.13. The summed E-state index contributed by atoms with van der Waals surface area (Å²) < 4.78 is 0. The van der Waals surface area contributed by atoms with E-state index in [2.05, 4.69) is 117 Å². The molecule has 0 aromatic heterocycles. The molecule has 160 valence electrons. The lowest BCUT2D eigenvalue weighted by molar-refractivity contribution is 0.795. The minimum atomic E-state index is 0.879. The molecule has 32 heavy (non-hydrogen) atoms. The number of nitrogens with one attached hydrogen (secondary N) is 1. The van der Waals surface area contributed by atoms with Gasteiger partial charge in [0.05, 0.1) is 0 Å². The number of benzene rings is 3. The second-order valence-corrected chi connectivity index (χ2v) is 8.47. The highest BCUT2D eigenvalue weighted by Crippen LogP contribution is 2.42. The van der Waals surface area contributed by atoms with Crippen LogP contribution in [0.15, 0.2) is 109 Å². The zero-order valence-corrected chi connectivity index (χ0v) is 19.1. The van der Waals surface area contributed by atoms with Gasteiger partial charge in [-0.3, -0.25) is 0 Å². The average Bonchev–Trinajstić information content (AvgIpc) is 2.82. The highest BCUT2D eigenvalue weighted by molar-refractivity contribution is 5.96. The quantitative estimate of drug-likeness (QED) is 0.381. The number of anilines is 1. The van der Waals surface area contributed by atoms with Crippen LogP contribution in [-0.4, -0.2) is 0 Å². The van der Waals surface area contributed by atoms with Crippen LogP contribution in [0.4, 0.5) is 5.69 Å². The van der Waals surface area contributed by atoms with Gasteiger partial charge in [-0.05, 0) is 54.2 Å². The van der Waals surface area contributed by atoms with Gasteiger partial charge in [-0.15, -0.1) is 0 Å². The van der Waals surface area contributed by atoms with E-state index in [0.29, 0.717) is 0 Å². The standard InChI is InChI=1S/C31H31N/c1-5-6-10-25-16-18-26(19-17-25)15-14-23(3)30-24(4)32-29-20-13-22(2)21-28(29)31(30)27-11-8-7-9-12-27/h7-9,11-21,32H,3-6,10H2,1-2H3/b15-14+. The number of rotatable bonds is 7. The van der Waals surface area contributed by atoms with Gasteiger partial charge in [0.15, 0.2) is 0 Å². The van der Waals surface area contributed by atoms with Crippen molar-refractivity contribution in [3.05, 3.63) is 137 Å². The third-order valence-electron chi connectivity index (χ3n) is 5.94. The SMILES string of the molecule is C=C(/C=C/c1ccc(CCCC)cc1)C1=C(c2ccccc2)c2cc(C)ccc2NC1=C. The lowest BCUT2D eigenvalue weighted by atomic mass is 9.84. The molecule has 0 unspecified atom stereocenters. The molecule has 3 aromatic carbocycles. The molecule has 1 heterocycles. The zero-order valence-electron chi connectivity index (χ0n) is 19.1. The maximum Gasteiger partial charge on any atom is 0.0464 e. The highest BCUT2D eigenvalue weighted by atomic mass is 14.9. The van der Waals surface area contributed by atoms with Crippen molar-refractivity contribution in [3.63, 3.8) is 0 Å². The summed E-state index contributed by atoms with van der Waals surface area (Å²) in [6.45, 7) is 13.1. The van der Waals surface area contributed by atoms with E-state index < -0.39 is 0 Å². The Labute approximate surface area is 192 Å². The molecule has 1 nitrogen and oxygen atoms in total. The molecule has 0 amide bonds. The largest absolute Gasteiger partial charge is 0.355 e. The molecule has 1 aliphatic heterocycles. The summed E-state index contributed by atoms with van der Waals surface area (Å²) in [5.74, 6) is 0. The van der Waals surface area contributed by atoms with Gasteiger partial charge in [0, 0.05) is 28.1 Å². The molecular formula is C31H31N. The van der Waals surface area contributed by atoms with Gasteiger partial charge >= 0.3 is 0 Å². The smallest absolute Gasteiger partial charge is 0.0464 e. The van der Waals surface area contributed by atoms with Crippen LogP contribution in [0.5, 0.6) is 0 Å². The molecule has 1 heteroatoms. The molecule has 3 aromatic rings. The Morgan fingerprint density at radius 2 is 1.72 bits per heavy atom. The van der Waals surface area contributed by atoms with Crippen molar-refractivity contribution in [1.82, 2.24) is 0 Å². The van der Waals surface area contributed by atoms with Crippen LogP contribution in [0, 0.1) is 6.92 Å². The predicted octanol–water partition coefficient (Wildman–Crippen LogP) is 8.35. The van der Waals surface area contributed by atoms with Gasteiger partial charge in [-0.2, -0.15) is 0 Å². The van der Waals surface area contributed by atoms with Crippen LogP contribution < -0.4 is 5.32 Å². The number of hydrogen-bond donors (Lipinski definition) is 1. The topological polar surface area (TPSA) is 12.0 Å². The maximum atomic E-state index is 4.43. The first-order valence-electron chi connectivity index (χ1n) is 11.4. The third-order valence-corrected chi connectivity index (χ3v) is 5.94. The van der Waals surface area contributed by atoms with Gasteiger partial charge < -0.3 is 5.32 Å². The van der Waals surface area contributed by atoms with E-state index in [1.54, 1.807) is 0 Å². The minimum absolute atomic E-state index is 0.879. The third kappa shape index (κ3) is 4.68. The fourth-order valence-electron chi connectivity index (χ4n) is 4.20. The van der Waals surface area contributed by atoms with Crippen molar-refractivity contribution < 1.29 is 0 Å². The van der Waals surface area contributed by atoms with E-state index in [1.807, 2.05) is 0 Å². The molecule has 0 saturated carbocycles. The molecular weight excluding hydrogens is 386 g/mol. The fraction of sp³-hybridized carbons (Fsp3) is 0.161. The Kier molecular flexibility index (Phi) is 6.56. The van der Waals surface area contributed by atoms with Gasteiger partial charge in [0.1, 0.15) is 0 Å². The molecule has 0 bridgehead atoms. The Hall–Kier alpha value is -3.58. The van der Waals surface area contributed by atoms with Crippen LogP contribution in [0.25, 0.3) is 11.6 Å². The molecule has 0 radical (unpaired) electrons. The maximum absolute atomic E-state index is 4.43. The summed E-state index contributed by atoms with van der Waals surface area (Å²) >= 11 is 0. The zero-order chi connectivity index (χ0) is 22.5. The van der Waals surface area contributed by atoms with Gasteiger partial charge in [-0.1, -0.05) is 105 Å². The van der Waals surface area contributed by atoms with E-state index in [1.165, 1.54) is 46.2 Å². The van der Waals surface area contributed by atoms with E-state index in [9.17, 15) is 0 Å². The summed E-state index contributed by atoms with van der Waals surface area (Å²) in [5.41, 5.74) is 11.3. The molecule has 0 saturated heterocycles. The van der Waals surface area contributed by atoms with Crippen LogP contribution in [-0.2, 0) is 6.42 Å². The summed E-state index contributed by atoms with van der Waals surface area (Å²) in [6.07, 6.45) is 7.85. The first kappa shape index (κ1) is 21.6. The first-order valence-corrected chi connectivity index (χ1v) is 11.4. The summed E-state index contributed by atoms with van der Waals surface area (Å²) in [5, 5.41) is 3.50. The van der Waals surface area contributed by atoms with E-state index in [-0.39, 0.29) is 0 Å². The second kappa shape index (κ2) is 9.70. The fourth-order valence-corrected chi connectivity index (χ4v) is 4.20. The van der Waals surface area contributed by atoms with Gasteiger partial charge in [0.25, 0.3) is 0 Å².